The third-order valence-corrected chi connectivity index (χ3v) is 16.6. The maximum absolute atomic E-state index is 12.6. The van der Waals surface area contributed by atoms with Crippen molar-refractivity contribution >= 4 is 5.91 Å². The maximum Gasteiger partial charge on any atom is 0.249 e. The summed E-state index contributed by atoms with van der Waals surface area (Å²) in [7, 11) is 0. The third-order valence-electron chi connectivity index (χ3n) is 16.6. The Balaban J connectivity index is 3.45. The minimum Gasteiger partial charge on any atom is -0.394 e. The van der Waals surface area contributed by atoms with Crippen molar-refractivity contribution in [2.75, 3.05) is 6.61 Å². The lowest BCUT2D eigenvalue weighted by molar-refractivity contribution is -0.131. The number of aliphatic hydroxyl groups is 3. The van der Waals surface area contributed by atoms with Gasteiger partial charge in [-0.2, -0.15) is 0 Å². The molecule has 0 heterocycles. The van der Waals surface area contributed by atoms with Crippen molar-refractivity contribution in [3.05, 3.63) is 12.2 Å². The summed E-state index contributed by atoms with van der Waals surface area (Å²) < 4.78 is 0. The number of aliphatic hydroxyl groups excluding tert-OH is 3. The summed E-state index contributed by atoms with van der Waals surface area (Å²) >= 11 is 0. The quantitative estimate of drug-likeness (QED) is 0.0361. The number of rotatable bonds is 65. The summed E-state index contributed by atoms with van der Waals surface area (Å²) in [6.45, 7) is 4.24. The molecule has 1 amide bonds. The lowest BCUT2D eigenvalue weighted by atomic mass is 10.0. The van der Waals surface area contributed by atoms with Crippen molar-refractivity contribution in [3.8, 4) is 0 Å². The van der Waals surface area contributed by atoms with Crippen molar-refractivity contribution in [1.29, 1.82) is 0 Å². The summed E-state index contributed by atoms with van der Waals surface area (Å²) in [5.74, 6) is -0.493. The first-order valence-corrected chi connectivity index (χ1v) is 34.5. The fraction of sp³-hybridized carbons (Fsp3) is 0.957. The van der Waals surface area contributed by atoms with E-state index in [0.29, 0.717) is 6.42 Å². The number of carbonyl (C=O) groups excluding carboxylic acids is 1. The molecule has 0 rings (SSSR count). The Bertz CT molecular complexity index is 1060. The van der Waals surface area contributed by atoms with Crippen LogP contribution in [0.5, 0.6) is 0 Å². The molecule has 5 nitrogen and oxygen atoms in total. The van der Waals surface area contributed by atoms with Gasteiger partial charge in [-0.15, -0.1) is 0 Å². The number of amides is 1. The van der Waals surface area contributed by atoms with E-state index in [2.05, 4.69) is 19.2 Å². The van der Waals surface area contributed by atoms with Crippen LogP contribution in [0.15, 0.2) is 12.2 Å². The summed E-state index contributed by atoms with van der Waals surface area (Å²) in [6, 6.07) is -0.796. The van der Waals surface area contributed by atoms with Gasteiger partial charge < -0.3 is 20.6 Å². The standard InChI is InChI=1S/C69H137NO4/c1-3-5-7-9-11-13-15-17-19-21-23-25-27-29-30-31-32-33-34-35-36-37-38-39-40-42-44-46-48-50-52-54-56-58-60-62-64-68(73)69(74)70-66(65-71)67(72)63-61-59-57-55-53-51-49-47-45-43-41-28-26-24-22-20-18-16-14-12-10-8-6-4-2/h61,63,66-68,71-73H,3-60,62,64-65H2,1-2H3,(H,70,74)/b63-61+. The molecule has 0 aromatic heterocycles. The van der Waals surface area contributed by atoms with Crippen LogP contribution >= 0.6 is 0 Å². The number of nitrogens with one attached hydrogen (secondary N) is 1. The van der Waals surface area contributed by atoms with Gasteiger partial charge in [-0.1, -0.05) is 392 Å². The van der Waals surface area contributed by atoms with E-state index in [9.17, 15) is 20.1 Å². The Morgan fingerprint density at radius 3 is 0.743 bits per heavy atom. The second-order valence-electron chi connectivity index (χ2n) is 24.1. The summed E-state index contributed by atoms with van der Waals surface area (Å²) in [6.07, 6.45) is 83.6. The van der Waals surface area contributed by atoms with E-state index in [1.54, 1.807) is 6.08 Å². The Morgan fingerprint density at radius 1 is 0.324 bits per heavy atom. The lowest BCUT2D eigenvalue weighted by Gasteiger charge is -2.21. The first-order valence-electron chi connectivity index (χ1n) is 34.5. The van der Waals surface area contributed by atoms with Crippen molar-refractivity contribution in [1.82, 2.24) is 5.32 Å². The molecule has 0 aliphatic heterocycles. The van der Waals surface area contributed by atoms with Gasteiger partial charge >= 0.3 is 0 Å². The molecule has 0 radical (unpaired) electrons. The van der Waals surface area contributed by atoms with Gasteiger partial charge in [0.15, 0.2) is 0 Å². The molecule has 0 saturated carbocycles. The van der Waals surface area contributed by atoms with E-state index >= 15 is 0 Å². The number of hydrogen-bond acceptors (Lipinski definition) is 4. The zero-order chi connectivity index (χ0) is 53.6. The molecular weight excluding hydrogens is 907 g/mol. The van der Waals surface area contributed by atoms with E-state index in [4.69, 9.17) is 0 Å². The molecule has 3 unspecified atom stereocenters. The largest absolute Gasteiger partial charge is 0.394 e. The molecule has 5 heteroatoms. The predicted molar refractivity (Wildman–Crippen MR) is 329 cm³/mol. The van der Waals surface area contributed by atoms with E-state index < -0.39 is 24.2 Å². The van der Waals surface area contributed by atoms with E-state index in [-0.39, 0.29) is 6.61 Å². The predicted octanol–water partition coefficient (Wildman–Crippen LogP) is 22.2. The number of allylic oxidation sites excluding steroid dienone is 1. The molecule has 0 fully saturated rings. The molecule has 0 spiro atoms. The second kappa shape index (κ2) is 64.6. The van der Waals surface area contributed by atoms with Gasteiger partial charge in [0.1, 0.15) is 6.10 Å². The van der Waals surface area contributed by atoms with E-state index in [0.717, 1.165) is 32.1 Å². The van der Waals surface area contributed by atoms with Gasteiger partial charge in [-0.3, -0.25) is 4.79 Å². The molecule has 0 aromatic rings. The van der Waals surface area contributed by atoms with E-state index in [1.807, 2.05) is 6.08 Å². The van der Waals surface area contributed by atoms with Crippen molar-refractivity contribution in [2.45, 2.75) is 417 Å². The SMILES string of the molecule is CCCCCCCCCCCCCCCCCCCCCCCC/C=C/C(O)C(CO)NC(=O)C(O)CCCCCCCCCCCCCCCCCCCCCCCCCCCCCCCCCCCCCC. The molecule has 442 valence electrons. The zero-order valence-electron chi connectivity index (χ0n) is 50.8. The topological polar surface area (TPSA) is 89.8 Å². The van der Waals surface area contributed by atoms with Crippen LogP contribution < -0.4 is 5.32 Å². The van der Waals surface area contributed by atoms with Crippen LogP contribution in [0, 0.1) is 0 Å². The van der Waals surface area contributed by atoms with Crippen LogP contribution in [0.1, 0.15) is 399 Å². The Kier molecular flexibility index (Phi) is 63.8. The maximum atomic E-state index is 12.6. The summed E-state index contributed by atoms with van der Waals surface area (Å²) in [5.41, 5.74) is 0. The molecular formula is C69H137NO4. The number of hydrogen-bond donors (Lipinski definition) is 4. The second-order valence-corrected chi connectivity index (χ2v) is 24.1. The molecule has 0 saturated heterocycles. The third kappa shape index (κ3) is 58.8. The highest BCUT2D eigenvalue weighted by molar-refractivity contribution is 5.80. The van der Waals surface area contributed by atoms with Crippen LogP contribution in [0.3, 0.4) is 0 Å². The molecule has 0 aliphatic rings. The monoisotopic (exact) mass is 1040 g/mol. The Hall–Kier alpha value is -0.910. The molecule has 74 heavy (non-hydrogen) atoms. The van der Waals surface area contributed by atoms with Gasteiger partial charge in [0, 0.05) is 0 Å². The van der Waals surface area contributed by atoms with Crippen molar-refractivity contribution in [2.24, 2.45) is 0 Å². The fourth-order valence-electron chi connectivity index (χ4n) is 11.3. The van der Waals surface area contributed by atoms with Gasteiger partial charge in [-0.25, -0.2) is 0 Å². The van der Waals surface area contributed by atoms with Crippen molar-refractivity contribution in [3.63, 3.8) is 0 Å². The van der Waals surface area contributed by atoms with Gasteiger partial charge in [0.25, 0.3) is 0 Å². The highest BCUT2D eigenvalue weighted by Crippen LogP contribution is 2.20. The normalized spacial score (nSPS) is 13.1. The highest BCUT2D eigenvalue weighted by Gasteiger charge is 2.22. The Morgan fingerprint density at radius 2 is 0.527 bits per heavy atom. The van der Waals surface area contributed by atoms with Crippen LogP contribution in [0.2, 0.25) is 0 Å². The smallest absolute Gasteiger partial charge is 0.249 e. The molecule has 0 aliphatic carbocycles. The average Bonchev–Trinajstić information content (AvgIpc) is 3.41. The van der Waals surface area contributed by atoms with E-state index in [1.165, 1.54) is 347 Å². The lowest BCUT2D eigenvalue weighted by Crippen LogP contribution is -2.48. The minimum absolute atomic E-state index is 0.358. The zero-order valence-corrected chi connectivity index (χ0v) is 50.8. The van der Waals surface area contributed by atoms with Crippen molar-refractivity contribution < 1.29 is 20.1 Å². The van der Waals surface area contributed by atoms with Gasteiger partial charge in [-0.05, 0) is 19.3 Å². The molecule has 4 N–H and O–H groups in total. The van der Waals surface area contributed by atoms with Crippen LogP contribution in [0.4, 0.5) is 0 Å². The minimum atomic E-state index is -1.09. The highest BCUT2D eigenvalue weighted by atomic mass is 16.3. The first-order chi connectivity index (χ1) is 36.6. The Labute approximate surface area is 465 Å². The van der Waals surface area contributed by atoms with Gasteiger partial charge in [0.05, 0.1) is 18.8 Å². The van der Waals surface area contributed by atoms with Crippen LogP contribution in [-0.4, -0.2) is 46.1 Å². The summed E-state index contributed by atoms with van der Waals surface area (Å²) in [4.78, 5) is 12.6. The van der Waals surface area contributed by atoms with Crippen LogP contribution in [-0.2, 0) is 4.79 Å². The summed E-state index contributed by atoms with van der Waals surface area (Å²) in [5, 5.41) is 33.5. The van der Waals surface area contributed by atoms with Gasteiger partial charge in [0.2, 0.25) is 5.91 Å². The molecule has 3 atom stereocenters. The molecule has 0 aromatic carbocycles. The van der Waals surface area contributed by atoms with Crippen LogP contribution in [0.25, 0.3) is 0 Å². The average molecular weight is 1040 g/mol. The first kappa shape index (κ1) is 73.1. The fourth-order valence-corrected chi connectivity index (χ4v) is 11.3. The number of unbranched alkanes of at least 4 members (excludes halogenated alkanes) is 57. The molecule has 0 bridgehead atoms. The number of carbonyl (C=O) groups is 1.